The fourth-order valence-electron chi connectivity index (χ4n) is 3.88. The Kier molecular flexibility index (Phi) is 9.82. The molecule has 1 atom stereocenters. The van der Waals surface area contributed by atoms with Crippen molar-refractivity contribution in [2.75, 3.05) is 45.8 Å². The standard InChI is InChI=1S/C20H39N5O/c1-3-5-13-24-14-7-6-10-18(24)17-23-20(21-4-2)22-12-9-16-25-15-8-11-19(25)26/h18H,3-17H2,1-2H3,(H2,21,22,23). The number of rotatable bonds is 10. The van der Waals surface area contributed by atoms with Gasteiger partial charge in [0.1, 0.15) is 0 Å². The molecule has 2 N–H and O–H groups in total. The molecule has 26 heavy (non-hydrogen) atoms. The average Bonchev–Trinajstić information content (AvgIpc) is 3.07. The van der Waals surface area contributed by atoms with Gasteiger partial charge in [-0.2, -0.15) is 0 Å². The number of likely N-dealkylation sites (tertiary alicyclic amines) is 2. The molecule has 0 bridgehead atoms. The van der Waals surface area contributed by atoms with E-state index in [0.29, 0.717) is 11.9 Å². The summed E-state index contributed by atoms with van der Waals surface area (Å²) < 4.78 is 0. The maximum atomic E-state index is 11.7. The van der Waals surface area contributed by atoms with E-state index in [9.17, 15) is 4.79 Å². The van der Waals surface area contributed by atoms with Crippen molar-refractivity contribution >= 4 is 11.9 Å². The average molecular weight is 366 g/mol. The number of carbonyl (C=O) groups is 1. The molecular formula is C20H39N5O. The van der Waals surface area contributed by atoms with Crippen LogP contribution in [0.3, 0.4) is 0 Å². The minimum absolute atomic E-state index is 0.315. The predicted molar refractivity (Wildman–Crippen MR) is 109 cm³/mol. The number of nitrogens with zero attached hydrogens (tertiary/aromatic N) is 3. The smallest absolute Gasteiger partial charge is 0.222 e. The van der Waals surface area contributed by atoms with Crippen molar-refractivity contribution < 1.29 is 4.79 Å². The summed E-state index contributed by atoms with van der Waals surface area (Å²) in [5.41, 5.74) is 0. The molecule has 0 aromatic rings. The molecule has 2 heterocycles. The summed E-state index contributed by atoms with van der Waals surface area (Å²) in [6, 6.07) is 0.591. The minimum Gasteiger partial charge on any atom is -0.357 e. The van der Waals surface area contributed by atoms with Crippen molar-refractivity contribution in [3.63, 3.8) is 0 Å². The molecule has 150 valence electrons. The second kappa shape index (κ2) is 12.2. The second-order valence-electron chi connectivity index (χ2n) is 7.52. The van der Waals surface area contributed by atoms with Crippen LogP contribution in [0.2, 0.25) is 0 Å². The number of aliphatic imine (C=N–C) groups is 1. The molecule has 0 aromatic carbocycles. The minimum atomic E-state index is 0.315. The summed E-state index contributed by atoms with van der Waals surface area (Å²) in [7, 11) is 0. The molecule has 0 aromatic heterocycles. The Bertz CT molecular complexity index is 440. The topological polar surface area (TPSA) is 60.0 Å². The first-order valence-electron chi connectivity index (χ1n) is 10.8. The zero-order valence-electron chi connectivity index (χ0n) is 16.9. The summed E-state index contributed by atoms with van der Waals surface area (Å²) in [6.45, 7) is 11.2. The molecule has 2 rings (SSSR count). The number of hydrogen-bond acceptors (Lipinski definition) is 3. The van der Waals surface area contributed by atoms with Crippen LogP contribution in [0.5, 0.6) is 0 Å². The lowest BCUT2D eigenvalue weighted by Gasteiger charge is -2.35. The Balaban J connectivity index is 1.74. The summed E-state index contributed by atoms with van der Waals surface area (Å²) in [4.78, 5) is 21.1. The fraction of sp³-hybridized carbons (Fsp3) is 0.900. The number of carbonyl (C=O) groups excluding carboxylic acids is 1. The first kappa shape index (κ1) is 21.0. The molecule has 0 saturated carbocycles. The van der Waals surface area contributed by atoms with E-state index in [1.54, 1.807) is 0 Å². The maximum Gasteiger partial charge on any atom is 0.222 e. The molecule has 2 aliphatic rings. The van der Waals surface area contributed by atoms with Gasteiger partial charge in [0, 0.05) is 38.6 Å². The quantitative estimate of drug-likeness (QED) is 0.354. The van der Waals surface area contributed by atoms with Gasteiger partial charge in [-0.25, -0.2) is 0 Å². The SMILES string of the molecule is CCCCN1CCCCC1CN=C(NCC)NCCCN1CCCC1=O. The van der Waals surface area contributed by atoms with Crippen molar-refractivity contribution in [2.45, 2.75) is 71.3 Å². The zero-order valence-corrected chi connectivity index (χ0v) is 16.9. The fourth-order valence-corrected chi connectivity index (χ4v) is 3.88. The number of unbranched alkanes of at least 4 members (excludes halogenated alkanes) is 1. The number of amides is 1. The van der Waals surface area contributed by atoms with Crippen LogP contribution in [0.4, 0.5) is 0 Å². The molecule has 0 spiro atoms. The Morgan fingerprint density at radius 2 is 2.00 bits per heavy atom. The lowest BCUT2D eigenvalue weighted by molar-refractivity contribution is -0.127. The van der Waals surface area contributed by atoms with Crippen molar-refractivity contribution in [1.82, 2.24) is 20.4 Å². The Labute approximate surface area is 159 Å². The highest BCUT2D eigenvalue weighted by molar-refractivity contribution is 5.79. The van der Waals surface area contributed by atoms with E-state index in [0.717, 1.165) is 57.9 Å². The van der Waals surface area contributed by atoms with E-state index in [1.807, 2.05) is 4.90 Å². The maximum absolute atomic E-state index is 11.7. The first-order valence-corrected chi connectivity index (χ1v) is 10.8. The van der Waals surface area contributed by atoms with Crippen LogP contribution in [-0.2, 0) is 4.79 Å². The highest BCUT2D eigenvalue weighted by Crippen LogP contribution is 2.17. The number of hydrogen-bond donors (Lipinski definition) is 2. The Hall–Kier alpha value is -1.30. The molecule has 2 fully saturated rings. The molecule has 1 unspecified atom stereocenters. The van der Waals surface area contributed by atoms with Crippen LogP contribution in [0.15, 0.2) is 4.99 Å². The van der Waals surface area contributed by atoms with Crippen molar-refractivity contribution in [2.24, 2.45) is 4.99 Å². The number of guanidine groups is 1. The van der Waals surface area contributed by atoms with Crippen molar-refractivity contribution in [3.05, 3.63) is 0 Å². The van der Waals surface area contributed by atoms with Gasteiger partial charge in [0.15, 0.2) is 5.96 Å². The number of piperidine rings is 1. The lowest BCUT2D eigenvalue weighted by Crippen LogP contribution is -2.44. The van der Waals surface area contributed by atoms with Gasteiger partial charge in [-0.05, 0) is 52.1 Å². The highest BCUT2D eigenvalue weighted by Gasteiger charge is 2.21. The van der Waals surface area contributed by atoms with E-state index in [4.69, 9.17) is 4.99 Å². The van der Waals surface area contributed by atoms with E-state index in [2.05, 4.69) is 29.4 Å². The lowest BCUT2D eigenvalue weighted by atomic mass is 10.0. The van der Waals surface area contributed by atoms with Gasteiger partial charge in [0.05, 0.1) is 6.54 Å². The van der Waals surface area contributed by atoms with Gasteiger partial charge < -0.3 is 15.5 Å². The summed E-state index contributed by atoms with van der Waals surface area (Å²) in [5, 5.41) is 6.80. The van der Waals surface area contributed by atoms with E-state index in [1.165, 1.54) is 45.2 Å². The third kappa shape index (κ3) is 7.14. The van der Waals surface area contributed by atoms with Gasteiger partial charge in [-0.1, -0.05) is 19.8 Å². The summed E-state index contributed by atoms with van der Waals surface area (Å²) in [6.07, 6.45) is 9.20. The molecule has 6 nitrogen and oxygen atoms in total. The number of nitrogens with one attached hydrogen (secondary N) is 2. The van der Waals surface area contributed by atoms with Gasteiger partial charge in [-0.15, -0.1) is 0 Å². The van der Waals surface area contributed by atoms with E-state index < -0.39 is 0 Å². The van der Waals surface area contributed by atoms with Crippen LogP contribution < -0.4 is 10.6 Å². The third-order valence-corrected chi connectivity index (χ3v) is 5.42. The van der Waals surface area contributed by atoms with Gasteiger partial charge in [0.2, 0.25) is 5.91 Å². The van der Waals surface area contributed by atoms with Crippen LogP contribution in [0.1, 0.15) is 65.2 Å². The van der Waals surface area contributed by atoms with E-state index >= 15 is 0 Å². The van der Waals surface area contributed by atoms with Crippen LogP contribution >= 0.6 is 0 Å². The second-order valence-corrected chi connectivity index (χ2v) is 7.52. The van der Waals surface area contributed by atoms with Gasteiger partial charge in [0.25, 0.3) is 0 Å². The van der Waals surface area contributed by atoms with Crippen LogP contribution in [0.25, 0.3) is 0 Å². The van der Waals surface area contributed by atoms with Gasteiger partial charge >= 0.3 is 0 Å². The molecule has 2 aliphatic heterocycles. The zero-order chi connectivity index (χ0) is 18.6. The molecule has 0 radical (unpaired) electrons. The van der Waals surface area contributed by atoms with Crippen molar-refractivity contribution in [3.8, 4) is 0 Å². The summed E-state index contributed by atoms with van der Waals surface area (Å²) in [5.74, 6) is 1.23. The molecule has 1 amide bonds. The highest BCUT2D eigenvalue weighted by atomic mass is 16.2. The normalized spacial score (nSPS) is 22.1. The van der Waals surface area contributed by atoms with Gasteiger partial charge in [-0.3, -0.25) is 14.7 Å². The molecular weight excluding hydrogens is 326 g/mol. The van der Waals surface area contributed by atoms with E-state index in [-0.39, 0.29) is 0 Å². The monoisotopic (exact) mass is 365 g/mol. The predicted octanol–water partition coefficient (Wildman–Crippen LogP) is 2.21. The van der Waals surface area contributed by atoms with Crippen LogP contribution in [-0.4, -0.2) is 73.5 Å². The largest absolute Gasteiger partial charge is 0.357 e. The first-order chi connectivity index (χ1) is 12.7. The molecule has 2 saturated heterocycles. The van der Waals surface area contributed by atoms with Crippen LogP contribution in [0, 0.1) is 0 Å². The molecule has 6 heteroatoms. The van der Waals surface area contributed by atoms with Crippen molar-refractivity contribution in [1.29, 1.82) is 0 Å². The third-order valence-electron chi connectivity index (χ3n) is 5.42. The Morgan fingerprint density at radius 1 is 1.12 bits per heavy atom. The molecule has 0 aliphatic carbocycles. The summed E-state index contributed by atoms with van der Waals surface area (Å²) >= 11 is 0. The Morgan fingerprint density at radius 3 is 2.73 bits per heavy atom.